The number of fused-ring (bicyclic) bond motifs is 1. The van der Waals surface area contributed by atoms with Crippen molar-refractivity contribution in [1.82, 2.24) is 18.7 Å². The number of benzene rings is 3. The Balaban J connectivity index is 1.14. The van der Waals surface area contributed by atoms with Crippen molar-refractivity contribution in [2.75, 3.05) is 39.3 Å². The van der Waals surface area contributed by atoms with E-state index in [0.717, 1.165) is 13.1 Å². The monoisotopic (exact) mass is 574 g/mol. The van der Waals surface area contributed by atoms with Gasteiger partial charge in [0.2, 0.25) is 15.9 Å². The normalized spacial score (nSPS) is 19.2. The predicted molar refractivity (Wildman–Crippen MR) is 156 cm³/mol. The minimum absolute atomic E-state index is 0.0185. The van der Waals surface area contributed by atoms with Crippen LogP contribution in [0.5, 0.6) is 0 Å². The van der Waals surface area contributed by atoms with Crippen LogP contribution in [0.4, 0.5) is 0 Å². The van der Waals surface area contributed by atoms with E-state index in [2.05, 4.69) is 53.4 Å². The summed E-state index contributed by atoms with van der Waals surface area (Å²) < 4.78 is 35.0. The molecule has 0 bridgehead atoms. The van der Waals surface area contributed by atoms with Gasteiger partial charge in [0.15, 0.2) is 5.58 Å². The standard InChI is InChI=1S/C31H34N4O5S/c1-32-27-15-14-26(21-28(27)40-31(32)37)41(38,39)35-16-8-13-25(22-35)30(36)34-19-17-33(18-20-34)29(23-9-4-2-5-10-23)24-11-6-3-7-12-24/h2-7,9-12,14-15,21,25,29H,8,13,16-20,22H2,1H3. The molecule has 214 valence electrons. The van der Waals surface area contributed by atoms with Gasteiger partial charge in [-0.15, -0.1) is 0 Å². The van der Waals surface area contributed by atoms with Crippen molar-refractivity contribution in [1.29, 1.82) is 0 Å². The molecular formula is C31H34N4O5S. The fourth-order valence-electron chi connectivity index (χ4n) is 6.13. The lowest BCUT2D eigenvalue weighted by Crippen LogP contribution is -2.53. The van der Waals surface area contributed by atoms with Gasteiger partial charge in [-0.1, -0.05) is 60.7 Å². The van der Waals surface area contributed by atoms with Crippen molar-refractivity contribution < 1.29 is 17.6 Å². The predicted octanol–water partition coefficient (Wildman–Crippen LogP) is 3.47. The molecule has 3 heterocycles. The summed E-state index contributed by atoms with van der Waals surface area (Å²) in [5.41, 5.74) is 3.20. The maximum absolute atomic E-state index is 13.6. The number of rotatable bonds is 6. The van der Waals surface area contributed by atoms with Gasteiger partial charge in [-0.2, -0.15) is 4.31 Å². The Morgan fingerprint density at radius 3 is 2.15 bits per heavy atom. The Bertz CT molecular complexity index is 1650. The van der Waals surface area contributed by atoms with E-state index in [9.17, 15) is 18.0 Å². The van der Waals surface area contributed by atoms with Crippen LogP contribution < -0.4 is 5.76 Å². The Morgan fingerprint density at radius 2 is 1.51 bits per heavy atom. The Labute approximate surface area is 239 Å². The zero-order chi connectivity index (χ0) is 28.6. The van der Waals surface area contributed by atoms with Gasteiger partial charge in [-0.05, 0) is 36.1 Å². The van der Waals surface area contributed by atoms with E-state index in [1.807, 2.05) is 17.0 Å². The topological polar surface area (TPSA) is 96.1 Å². The van der Waals surface area contributed by atoms with Crippen LogP contribution in [0, 0.1) is 5.92 Å². The summed E-state index contributed by atoms with van der Waals surface area (Å²) in [6, 6.07) is 25.4. The second-order valence-corrected chi connectivity index (χ2v) is 12.8. The van der Waals surface area contributed by atoms with Crippen molar-refractivity contribution in [2.24, 2.45) is 13.0 Å². The van der Waals surface area contributed by atoms with E-state index in [1.54, 1.807) is 13.1 Å². The molecule has 1 aromatic heterocycles. The highest BCUT2D eigenvalue weighted by Crippen LogP contribution is 2.31. The van der Waals surface area contributed by atoms with Crippen molar-refractivity contribution >= 4 is 27.0 Å². The lowest BCUT2D eigenvalue weighted by molar-refractivity contribution is -0.138. The number of oxazole rings is 1. The van der Waals surface area contributed by atoms with E-state index >= 15 is 0 Å². The minimum Gasteiger partial charge on any atom is -0.408 e. The summed E-state index contributed by atoms with van der Waals surface area (Å²) in [7, 11) is -2.28. The number of aromatic nitrogens is 1. The molecular weight excluding hydrogens is 540 g/mol. The van der Waals surface area contributed by atoms with Crippen LogP contribution >= 0.6 is 0 Å². The molecule has 41 heavy (non-hydrogen) atoms. The number of nitrogens with zero attached hydrogens (tertiary/aromatic N) is 4. The SMILES string of the molecule is Cn1c(=O)oc2cc(S(=O)(=O)N3CCCC(C(=O)N4CCN(C(c5ccccc5)c5ccccc5)CC4)C3)ccc21. The summed E-state index contributed by atoms with van der Waals surface area (Å²) in [6.07, 6.45) is 1.27. The zero-order valence-corrected chi connectivity index (χ0v) is 23.9. The van der Waals surface area contributed by atoms with Crippen molar-refractivity contribution in [3.05, 3.63) is 101 Å². The number of amides is 1. The number of carbonyl (C=O) groups excluding carboxylic acids is 1. The minimum atomic E-state index is -3.85. The molecule has 1 unspecified atom stereocenters. The highest BCUT2D eigenvalue weighted by molar-refractivity contribution is 7.89. The molecule has 3 aromatic carbocycles. The third kappa shape index (κ3) is 5.35. The zero-order valence-electron chi connectivity index (χ0n) is 23.1. The van der Waals surface area contributed by atoms with Gasteiger partial charge in [0.25, 0.3) is 0 Å². The van der Waals surface area contributed by atoms with Crippen LogP contribution in [0.25, 0.3) is 11.1 Å². The number of carbonyl (C=O) groups is 1. The van der Waals surface area contributed by atoms with Crippen molar-refractivity contribution in [3.63, 3.8) is 0 Å². The first-order chi connectivity index (χ1) is 19.8. The molecule has 0 N–H and O–H groups in total. The molecule has 1 amide bonds. The lowest BCUT2D eigenvalue weighted by atomic mass is 9.95. The van der Waals surface area contributed by atoms with Crippen LogP contribution in [0.3, 0.4) is 0 Å². The maximum Gasteiger partial charge on any atom is 0.419 e. The molecule has 4 aromatic rings. The molecule has 2 aliphatic rings. The van der Waals surface area contributed by atoms with E-state index in [4.69, 9.17) is 4.42 Å². The molecule has 0 radical (unpaired) electrons. The van der Waals surface area contributed by atoms with E-state index in [1.165, 1.54) is 32.1 Å². The number of aryl methyl sites for hydroxylation is 1. The van der Waals surface area contributed by atoms with Gasteiger partial charge in [-0.3, -0.25) is 14.3 Å². The van der Waals surface area contributed by atoms with Crippen LogP contribution in [-0.2, 0) is 21.9 Å². The molecule has 2 aliphatic heterocycles. The molecule has 1 atom stereocenters. The van der Waals surface area contributed by atoms with Crippen LogP contribution in [0.2, 0.25) is 0 Å². The quantitative estimate of drug-likeness (QED) is 0.350. The van der Waals surface area contributed by atoms with E-state index in [0.29, 0.717) is 38.0 Å². The van der Waals surface area contributed by atoms with Gasteiger partial charge >= 0.3 is 5.76 Å². The number of piperazine rings is 1. The molecule has 2 fully saturated rings. The number of hydrogen-bond acceptors (Lipinski definition) is 6. The van der Waals surface area contributed by atoms with Crippen molar-refractivity contribution in [2.45, 2.75) is 23.8 Å². The average Bonchev–Trinajstić information content (AvgIpc) is 3.30. The van der Waals surface area contributed by atoms with Crippen LogP contribution in [0.1, 0.15) is 30.0 Å². The highest BCUT2D eigenvalue weighted by Gasteiger charge is 2.37. The summed E-state index contributed by atoms with van der Waals surface area (Å²) in [5, 5.41) is 0. The third-order valence-electron chi connectivity index (χ3n) is 8.36. The maximum atomic E-state index is 13.6. The average molecular weight is 575 g/mol. The molecule has 2 saturated heterocycles. The first-order valence-electron chi connectivity index (χ1n) is 14.1. The van der Waals surface area contributed by atoms with Crippen LogP contribution in [0.15, 0.2) is 93.0 Å². The molecule has 0 aliphatic carbocycles. The summed E-state index contributed by atoms with van der Waals surface area (Å²) in [4.78, 5) is 29.9. The third-order valence-corrected chi connectivity index (χ3v) is 10.2. The van der Waals surface area contributed by atoms with Crippen molar-refractivity contribution in [3.8, 4) is 0 Å². The lowest BCUT2D eigenvalue weighted by Gasteiger charge is -2.41. The van der Waals surface area contributed by atoms with E-state index in [-0.39, 0.29) is 34.9 Å². The summed E-state index contributed by atoms with van der Waals surface area (Å²) >= 11 is 0. The molecule has 0 spiro atoms. The molecule has 6 rings (SSSR count). The summed E-state index contributed by atoms with van der Waals surface area (Å²) in [5.74, 6) is -0.912. The molecule has 0 saturated carbocycles. The summed E-state index contributed by atoms with van der Waals surface area (Å²) in [6.45, 7) is 3.17. The number of sulfonamides is 1. The Kier molecular flexibility index (Phi) is 7.54. The number of piperidine rings is 1. The number of hydrogen-bond donors (Lipinski definition) is 0. The van der Waals surface area contributed by atoms with E-state index < -0.39 is 15.8 Å². The fraction of sp³-hybridized carbons (Fsp3) is 0.355. The van der Waals surface area contributed by atoms with Gasteiger partial charge in [0.1, 0.15) is 0 Å². The molecule has 10 heteroatoms. The highest BCUT2D eigenvalue weighted by atomic mass is 32.2. The Hall–Kier alpha value is -3.73. The smallest absolute Gasteiger partial charge is 0.408 e. The van der Waals surface area contributed by atoms with Crippen LogP contribution in [-0.4, -0.2) is 72.3 Å². The first-order valence-corrected chi connectivity index (χ1v) is 15.5. The second-order valence-electron chi connectivity index (χ2n) is 10.8. The fourth-order valence-corrected chi connectivity index (χ4v) is 7.67. The van der Waals surface area contributed by atoms with Gasteiger partial charge in [0.05, 0.1) is 22.4 Å². The van der Waals surface area contributed by atoms with Gasteiger partial charge < -0.3 is 9.32 Å². The Morgan fingerprint density at radius 1 is 0.878 bits per heavy atom. The second kappa shape index (κ2) is 11.3. The van der Waals surface area contributed by atoms with Gasteiger partial charge in [-0.25, -0.2) is 13.2 Å². The molecule has 9 nitrogen and oxygen atoms in total. The first kappa shape index (κ1) is 27.4. The largest absolute Gasteiger partial charge is 0.419 e. The van der Waals surface area contributed by atoms with Gasteiger partial charge in [0, 0.05) is 52.4 Å².